The summed E-state index contributed by atoms with van der Waals surface area (Å²) in [5, 5.41) is 2.63. The summed E-state index contributed by atoms with van der Waals surface area (Å²) < 4.78 is 0. The van der Waals surface area contributed by atoms with E-state index in [9.17, 15) is 14.4 Å². The molecule has 2 rings (SSSR count). The third-order valence-corrected chi connectivity index (χ3v) is 6.06. The summed E-state index contributed by atoms with van der Waals surface area (Å²) in [7, 11) is 0. The normalized spacial score (nSPS) is 11.8. The van der Waals surface area contributed by atoms with Crippen LogP contribution in [0.2, 0.25) is 0 Å². The van der Waals surface area contributed by atoms with Crippen molar-refractivity contribution in [3.63, 3.8) is 0 Å². The zero-order valence-electron chi connectivity index (χ0n) is 17.3. The number of anilines is 1. The Morgan fingerprint density at radius 1 is 0.964 bits per heavy atom. The molecule has 1 atom stereocenters. The van der Waals surface area contributed by atoms with Crippen molar-refractivity contribution in [1.29, 1.82) is 0 Å². The van der Waals surface area contributed by atoms with E-state index in [1.54, 1.807) is 43.0 Å². The molecule has 4 nitrogen and oxygen atoms in total. The number of aryl methyl sites for hydroxylation is 2. The van der Waals surface area contributed by atoms with Crippen molar-refractivity contribution in [3.8, 4) is 0 Å². The van der Waals surface area contributed by atoms with Crippen LogP contribution < -0.4 is 5.32 Å². The maximum atomic E-state index is 12.5. The number of amides is 1. The largest absolute Gasteiger partial charge is 0.325 e. The molecule has 28 heavy (non-hydrogen) atoms. The van der Waals surface area contributed by atoms with Gasteiger partial charge in [-0.1, -0.05) is 6.07 Å². The second kappa shape index (κ2) is 9.20. The van der Waals surface area contributed by atoms with Gasteiger partial charge in [-0.3, -0.25) is 14.4 Å². The van der Waals surface area contributed by atoms with E-state index in [4.69, 9.17) is 0 Å². The zero-order chi connectivity index (χ0) is 21.0. The van der Waals surface area contributed by atoms with Gasteiger partial charge in [0, 0.05) is 22.6 Å². The molecule has 0 aromatic heterocycles. The Labute approximate surface area is 171 Å². The van der Waals surface area contributed by atoms with Gasteiger partial charge in [-0.2, -0.15) is 0 Å². The fourth-order valence-corrected chi connectivity index (χ4v) is 4.38. The average Bonchev–Trinajstić information content (AvgIpc) is 2.60. The van der Waals surface area contributed by atoms with Gasteiger partial charge in [0.15, 0.2) is 11.6 Å². The molecule has 0 heterocycles. The summed E-state index contributed by atoms with van der Waals surface area (Å²) in [5.41, 5.74) is 6.33. The van der Waals surface area contributed by atoms with Crippen LogP contribution in [0.15, 0.2) is 30.3 Å². The van der Waals surface area contributed by atoms with Crippen LogP contribution in [-0.4, -0.2) is 22.7 Å². The van der Waals surface area contributed by atoms with Gasteiger partial charge in [-0.05, 0) is 88.1 Å². The number of benzene rings is 2. The molecule has 0 aliphatic rings. The number of thioether (sulfide) groups is 1. The van der Waals surface area contributed by atoms with Gasteiger partial charge in [-0.25, -0.2) is 0 Å². The summed E-state index contributed by atoms with van der Waals surface area (Å²) in [4.78, 5) is 35.8. The molecule has 0 spiro atoms. The van der Waals surface area contributed by atoms with E-state index in [1.165, 1.54) is 6.92 Å². The number of rotatable bonds is 7. The maximum absolute atomic E-state index is 12.5. The van der Waals surface area contributed by atoms with Gasteiger partial charge in [0.05, 0.1) is 5.25 Å². The quantitative estimate of drug-likeness (QED) is 0.646. The summed E-state index contributed by atoms with van der Waals surface area (Å²) >= 11 is 1.54. The SMILES string of the molecule is CC(=O)c1ccc(NC(=O)C(C)SCc2c(C)cc(C)c(C(C)=O)c2C)cc1. The predicted octanol–water partition coefficient (Wildman–Crippen LogP) is 5.28. The molecule has 0 bridgehead atoms. The number of ketones is 2. The third-order valence-electron chi connectivity index (χ3n) is 4.89. The van der Waals surface area contributed by atoms with Crippen LogP contribution in [0.3, 0.4) is 0 Å². The van der Waals surface area contributed by atoms with E-state index < -0.39 is 0 Å². The minimum atomic E-state index is -0.256. The highest BCUT2D eigenvalue weighted by atomic mass is 32.2. The first-order valence-corrected chi connectivity index (χ1v) is 10.3. The van der Waals surface area contributed by atoms with Crippen molar-refractivity contribution in [2.45, 2.75) is 52.5 Å². The van der Waals surface area contributed by atoms with Crippen LogP contribution in [0.1, 0.15) is 63.7 Å². The lowest BCUT2D eigenvalue weighted by molar-refractivity contribution is -0.115. The molecule has 0 aliphatic carbocycles. The summed E-state index contributed by atoms with van der Waals surface area (Å²) in [6.45, 7) is 11.0. The molecule has 1 N–H and O–H groups in total. The summed E-state index contributed by atoms with van der Waals surface area (Å²) in [6.07, 6.45) is 0. The molecule has 1 amide bonds. The Morgan fingerprint density at radius 3 is 2.11 bits per heavy atom. The molecular weight excluding hydrogens is 370 g/mol. The second-order valence-corrected chi connectivity index (χ2v) is 8.45. The zero-order valence-corrected chi connectivity index (χ0v) is 18.1. The molecule has 2 aromatic carbocycles. The third kappa shape index (κ3) is 5.10. The Hall–Kier alpha value is -2.40. The minimum Gasteiger partial charge on any atom is -0.325 e. The highest BCUT2D eigenvalue weighted by Crippen LogP contribution is 2.28. The van der Waals surface area contributed by atoms with Crippen LogP contribution in [0.25, 0.3) is 0 Å². The van der Waals surface area contributed by atoms with E-state index in [0.717, 1.165) is 27.8 Å². The van der Waals surface area contributed by atoms with Crippen LogP contribution >= 0.6 is 11.8 Å². The lowest BCUT2D eigenvalue weighted by Gasteiger charge is -2.18. The van der Waals surface area contributed by atoms with E-state index in [2.05, 4.69) is 5.32 Å². The second-order valence-electron chi connectivity index (χ2n) is 7.12. The van der Waals surface area contributed by atoms with Crippen LogP contribution in [0.5, 0.6) is 0 Å². The monoisotopic (exact) mass is 397 g/mol. The molecule has 0 radical (unpaired) electrons. The molecule has 2 aromatic rings. The number of nitrogens with one attached hydrogen (secondary N) is 1. The molecule has 0 saturated heterocycles. The molecule has 1 unspecified atom stereocenters. The Balaban J connectivity index is 2.06. The molecular formula is C23H27NO3S. The fraction of sp³-hybridized carbons (Fsp3) is 0.348. The number of Topliss-reactive ketones (excluding diaryl/α,β-unsaturated/α-hetero) is 2. The molecule has 148 valence electrons. The van der Waals surface area contributed by atoms with Gasteiger partial charge in [0.25, 0.3) is 0 Å². The number of hydrogen-bond acceptors (Lipinski definition) is 4. The number of hydrogen-bond donors (Lipinski definition) is 1. The lowest BCUT2D eigenvalue weighted by atomic mass is 9.92. The van der Waals surface area contributed by atoms with Crippen LogP contribution in [0.4, 0.5) is 5.69 Å². The first kappa shape index (κ1) is 21.9. The van der Waals surface area contributed by atoms with Crippen LogP contribution in [0, 0.1) is 20.8 Å². The molecule has 0 fully saturated rings. The van der Waals surface area contributed by atoms with Crippen molar-refractivity contribution >= 4 is 34.9 Å². The predicted molar refractivity (Wildman–Crippen MR) is 116 cm³/mol. The highest BCUT2D eigenvalue weighted by Gasteiger charge is 2.18. The van der Waals surface area contributed by atoms with E-state index in [1.807, 2.05) is 33.8 Å². The minimum absolute atomic E-state index is 0.00410. The van der Waals surface area contributed by atoms with Crippen molar-refractivity contribution in [2.24, 2.45) is 0 Å². The first-order valence-electron chi connectivity index (χ1n) is 9.26. The van der Waals surface area contributed by atoms with Gasteiger partial charge in [0.1, 0.15) is 0 Å². The van der Waals surface area contributed by atoms with Gasteiger partial charge < -0.3 is 5.32 Å². The number of carbonyl (C=O) groups excluding carboxylic acids is 3. The highest BCUT2D eigenvalue weighted by molar-refractivity contribution is 7.99. The number of carbonyl (C=O) groups is 3. The lowest BCUT2D eigenvalue weighted by Crippen LogP contribution is -2.22. The standard InChI is InChI=1S/C23H27NO3S/c1-13-11-14(2)22(17(5)26)15(3)21(13)12-28-18(6)23(27)24-20-9-7-19(8-10-20)16(4)25/h7-11,18H,12H2,1-6H3,(H,24,27). The molecule has 5 heteroatoms. The van der Waals surface area contributed by atoms with E-state index in [-0.39, 0.29) is 22.7 Å². The van der Waals surface area contributed by atoms with Gasteiger partial charge >= 0.3 is 0 Å². The Kier molecular flexibility index (Phi) is 7.19. The molecule has 0 saturated carbocycles. The Bertz CT molecular complexity index is 916. The average molecular weight is 398 g/mol. The fourth-order valence-electron chi connectivity index (χ4n) is 3.31. The first-order chi connectivity index (χ1) is 13.1. The van der Waals surface area contributed by atoms with Gasteiger partial charge in [0.2, 0.25) is 5.91 Å². The van der Waals surface area contributed by atoms with Crippen LogP contribution in [-0.2, 0) is 10.5 Å². The smallest absolute Gasteiger partial charge is 0.237 e. The van der Waals surface area contributed by atoms with Crippen molar-refractivity contribution in [2.75, 3.05) is 5.32 Å². The van der Waals surface area contributed by atoms with Gasteiger partial charge in [-0.15, -0.1) is 11.8 Å². The summed E-state index contributed by atoms with van der Waals surface area (Å²) in [6, 6.07) is 8.93. The van der Waals surface area contributed by atoms with Crippen molar-refractivity contribution in [1.82, 2.24) is 0 Å². The topological polar surface area (TPSA) is 63.2 Å². The summed E-state index contributed by atoms with van der Waals surface area (Å²) in [5.74, 6) is 0.641. The Morgan fingerprint density at radius 2 is 1.57 bits per heavy atom. The maximum Gasteiger partial charge on any atom is 0.237 e. The molecule has 0 aliphatic heterocycles. The van der Waals surface area contributed by atoms with Crippen molar-refractivity contribution in [3.05, 3.63) is 63.7 Å². The van der Waals surface area contributed by atoms with Crippen molar-refractivity contribution < 1.29 is 14.4 Å². The van der Waals surface area contributed by atoms with E-state index >= 15 is 0 Å². The van der Waals surface area contributed by atoms with E-state index in [0.29, 0.717) is 17.0 Å².